The summed E-state index contributed by atoms with van der Waals surface area (Å²) >= 11 is 0. The number of hydrogen-bond acceptors (Lipinski definition) is 4. The van der Waals surface area contributed by atoms with Crippen molar-refractivity contribution in [2.24, 2.45) is 0 Å². The third-order valence-electron chi connectivity index (χ3n) is 5.47. The Labute approximate surface area is 154 Å². The molecule has 1 aromatic rings. The normalized spacial score (nSPS) is 13.5. The molecule has 0 N–H and O–H groups in total. The van der Waals surface area contributed by atoms with Crippen LogP contribution >= 0.6 is 0 Å². The number of carboxylic acid groups (broad SMARTS) is 1. The van der Waals surface area contributed by atoms with Crippen molar-refractivity contribution in [2.75, 3.05) is 0 Å². The lowest BCUT2D eigenvalue weighted by molar-refractivity contribution is -0.255. The van der Waals surface area contributed by atoms with Gasteiger partial charge >= 0.3 is 0 Å². The summed E-state index contributed by atoms with van der Waals surface area (Å²) in [6.45, 7) is 21.4. The maximum atomic E-state index is 11.4. The van der Waals surface area contributed by atoms with Gasteiger partial charge in [0, 0.05) is 11.6 Å². The highest BCUT2D eigenvalue weighted by molar-refractivity contribution is 6.75. The Hall–Kier alpha value is -1.28. The Kier molecular flexibility index (Phi) is 5.92. The predicted octanol–water partition coefficient (Wildman–Crippen LogP) is 4.82. The van der Waals surface area contributed by atoms with E-state index in [2.05, 4.69) is 67.7 Å². The van der Waals surface area contributed by atoms with Crippen molar-refractivity contribution in [2.45, 2.75) is 77.8 Å². The van der Waals surface area contributed by atoms with Crippen LogP contribution in [0.1, 0.15) is 51.9 Å². The molecule has 0 spiro atoms. The number of benzene rings is 1. The SMILES string of the molecule is CC(C)(C)[Si](C)(C)Oc1cc(O[Si](C)(C)C(C)(C)C)cc(C(=O)[O-])c1. The summed E-state index contributed by atoms with van der Waals surface area (Å²) in [5.74, 6) is -0.134. The van der Waals surface area contributed by atoms with Gasteiger partial charge in [-0.3, -0.25) is 0 Å². The molecule has 0 bridgehead atoms. The molecule has 0 aromatic heterocycles. The number of aromatic carboxylic acids is 1. The Morgan fingerprint density at radius 2 is 1.12 bits per heavy atom. The molecule has 4 nitrogen and oxygen atoms in total. The van der Waals surface area contributed by atoms with Crippen molar-refractivity contribution >= 4 is 22.6 Å². The fraction of sp³-hybridized carbons (Fsp3) is 0.632. The quantitative estimate of drug-likeness (QED) is 0.686. The number of carbonyl (C=O) groups excluding carboxylic acids is 1. The van der Waals surface area contributed by atoms with E-state index in [-0.39, 0.29) is 15.6 Å². The van der Waals surface area contributed by atoms with E-state index in [1.807, 2.05) is 6.07 Å². The van der Waals surface area contributed by atoms with Crippen LogP contribution in [-0.2, 0) is 0 Å². The fourth-order valence-corrected chi connectivity index (χ4v) is 3.73. The van der Waals surface area contributed by atoms with Gasteiger partial charge in [-0.15, -0.1) is 0 Å². The molecule has 0 unspecified atom stereocenters. The molecule has 1 aromatic carbocycles. The van der Waals surface area contributed by atoms with Gasteiger partial charge in [0.15, 0.2) is 0 Å². The topological polar surface area (TPSA) is 58.6 Å². The summed E-state index contributed by atoms with van der Waals surface area (Å²) < 4.78 is 12.6. The lowest BCUT2D eigenvalue weighted by Gasteiger charge is -2.38. The molecule has 0 aliphatic heterocycles. The van der Waals surface area contributed by atoms with E-state index in [0.717, 1.165) is 0 Å². The van der Waals surface area contributed by atoms with E-state index < -0.39 is 22.6 Å². The first-order valence-electron chi connectivity index (χ1n) is 8.71. The standard InChI is InChI=1S/C19H34O4Si2/c1-18(2,3)24(7,8)22-15-11-14(17(20)21)12-16(13-15)23-25(9,10)19(4,5)6/h11-13H,1-10H3,(H,20,21)/p-1. The summed E-state index contributed by atoms with van der Waals surface area (Å²) in [7, 11) is -4.16. The smallest absolute Gasteiger partial charge is 0.250 e. The van der Waals surface area contributed by atoms with E-state index in [1.54, 1.807) is 0 Å². The van der Waals surface area contributed by atoms with E-state index >= 15 is 0 Å². The maximum Gasteiger partial charge on any atom is 0.250 e. The van der Waals surface area contributed by atoms with Gasteiger partial charge in [0.25, 0.3) is 0 Å². The first-order chi connectivity index (χ1) is 11.0. The molecule has 25 heavy (non-hydrogen) atoms. The van der Waals surface area contributed by atoms with Crippen molar-refractivity contribution < 1.29 is 18.8 Å². The number of rotatable bonds is 5. The number of hydrogen-bond donors (Lipinski definition) is 0. The van der Waals surface area contributed by atoms with E-state index in [4.69, 9.17) is 8.85 Å². The van der Waals surface area contributed by atoms with Gasteiger partial charge in [-0.05, 0) is 48.4 Å². The third kappa shape index (κ3) is 5.35. The fourth-order valence-electron chi connectivity index (χ4n) is 1.70. The summed E-state index contributed by atoms with van der Waals surface area (Å²) in [5.41, 5.74) is 0.0879. The van der Waals surface area contributed by atoms with Crippen LogP contribution in [0.25, 0.3) is 0 Å². The molecular formula is C19H33O4Si2-. The monoisotopic (exact) mass is 381 g/mol. The molecule has 0 fully saturated rings. The van der Waals surface area contributed by atoms with Crippen LogP contribution in [0.4, 0.5) is 0 Å². The molecule has 0 aliphatic carbocycles. The van der Waals surface area contributed by atoms with Crippen molar-refractivity contribution in [1.82, 2.24) is 0 Å². The van der Waals surface area contributed by atoms with Crippen LogP contribution in [-0.4, -0.2) is 22.6 Å². The van der Waals surface area contributed by atoms with Crippen LogP contribution in [0.3, 0.4) is 0 Å². The van der Waals surface area contributed by atoms with Gasteiger partial charge in [-0.2, -0.15) is 0 Å². The zero-order valence-electron chi connectivity index (χ0n) is 17.4. The van der Waals surface area contributed by atoms with Gasteiger partial charge in [-0.25, -0.2) is 0 Å². The minimum Gasteiger partial charge on any atom is -0.545 e. The summed E-state index contributed by atoms with van der Waals surface area (Å²) in [4.78, 5) is 11.4. The van der Waals surface area contributed by atoms with Crippen LogP contribution in [0.5, 0.6) is 11.5 Å². The largest absolute Gasteiger partial charge is 0.545 e. The highest BCUT2D eigenvalue weighted by atomic mass is 28.4. The van der Waals surface area contributed by atoms with E-state index in [0.29, 0.717) is 11.5 Å². The average Bonchev–Trinajstić information content (AvgIpc) is 2.34. The zero-order chi connectivity index (χ0) is 19.8. The Morgan fingerprint density at radius 1 is 0.800 bits per heavy atom. The van der Waals surface area contributed by atoms with Gasteiger partial charge in [0.05, 0.1) is 5.97 Å². The van der Waals surface area contributed by atoms with Crippen molar-refractivity contribution in [1.29, 1.82) is 0 Å². The van der Waals surface area contributed by atoms with Crippen molar-refractivity contribution in [3.05, 3.63) is 23.8 Å². The molecule has 0 amide bonds. The molecule has 142 valence electrons. The molecule has 0 aliphatic rings. The Balaban J connectivity index is 3.30. The highest BCUT2D eigenvalue weighted by Gasteiger charge is 2.40. The molecule has 0 atom stereocenters. The maximum absolute atomic E-state index is 11.4. The first kappa shape index (κ1) is 21.8. The van der Waals surface area contributed by atoms with Crippen LogP contribution in [0, 0.1) is 0 Å². The second-order valence-corrected chi connectivity index (χ2v) is 19.2. The second-order valence-electron chi connectivity index (χ2n) is 9.71. The molecule has 0 saturated carbocycles. The predicted molar refractivity (Wildman–Crippen MR) is 106 cm³/mol. The highest BCUT2D eigenvalue weighted by Crippen LogP contribution is 2.40. The molecular weight excluding hydrogens is 348 g/mol. The molecule has 0 saturated heterocycles. The van der Waals surface area contributed by atoms with Gasteiger partial charge in [0.2, 0.25) is 16.6 Å². The van der Waals surface area contributed by atoms with Crippen LogP contribution in [0.15, 0.2) is 18.2 Å². The molecule has 0 radical (unpaired) electrons. The first-order valence-corrected chi connectivity index (χ1v) is 14.5. The van der Waals surface area contributed by atoms with Gasteiger partial charge in [0.1, 0.15) is 11.5 Å². The lowest BCUT2D eigenvalue weighted by Crippen LogP contribution is -2.44. The van der Waals surface area contributed by atoms with Crippen molar-refractivity contribution in [3.63, 3.8) is 0 Å². The molecule has 6 heteroatoms. The van der Waals surface area contributed by atoms with Gasteiger partial charge < -0.3 is 18.8 Å². The minimum absolute atomic E-state index is 0.0188. The van der Waals surface area contributed by atoms with Crippen molar-refractivity contribution in [3.8, 4) is 11.5 Å². The number of carboxylic acids is 1. The Bertz CT molecular complexity index is 592. The molecule has 1 rings (SSSR count). The zero-order valence-corrected chi connectivity index (χ0v) is 19.4. The van der Waals surface area contributed by atoms with E-state index in [1.165, 1.54) is 12.1 Å². The minimum atomic E-state index is -2.08. The second kappa shape index (κ2) is 6.80. The number of carbonyl (C=O) groups is 1. The van der Waals surface area contributed by atoms with Crippen LogP contribution in [0.2, 0.25) is 36.3 Å². The van der Waals surface area contributed by atoms with Gasteiger partial charge in [-0.1, -0.05) is 41.5 Å². The summed E-state index contributed by atoms with van der Waals surface area (Å²) in [6, 6.07) is 4.88. The average molecular weight is 382 g/mol. The third-order valence-corrected chi connectivity index (χ3v) is 14.2. The van der Waals surface area contributed by atoms with Crippen LogP contribution < -0.4 is 14.0 Å². The Morgan fingerprint density at radius 3 is 1.36 bits per heavy atom. The molecule has 0 heterocycles. The lowest BCUT2D eigenvalue weighted by atomic mass is 10.2. The summed E-state index contributed by atoms with van der Waals surface area (Å²) in [6.07, 6.45) is 0. The summed E-state index contributed by atoms with van der Waals surface area (Å²) in [5, 5.41) is 11.5. The van der Waals surface area contributed by atoms with E-state index in [9.17, 15) is 9.90 Å².